The van der Waals surface area contributed by atoms with E-state index in [1.54, 1.807) is 11.8 Å². The molecule has 1 saturated carbocycles. The van der Waals surface area contributed by atoms with Crippen LogP contribution in [0.5, 0.6) is 0 Å². The molecule has 0 amide bonds. The fourth-order valence-corrected chi connectivity index (χ4v) is 2.86. The number of hydrogen-bond donors (Lipinski definition) is 1. The van der Waals surface area contributed by atoms with Crippen LogP contribution in [0.2, 0.25) is 0 Å². The van der Waals surface area contributed by atoms with E-state index in [-0.39, 0.29) is 0 Å². The normalized spacial score (nSPS) is 20.6. The molecule has 0 unspecified atom stereocenters. The Morgan fingerprint density at radius 2 is 2.00 bits per heavy atom. The van der Waals surface area contributed by atoms with E-state index in [1.807, 2.05) is 0 Å². The number of thioether (sulfide) groups is 1. The third-order valence-corrected chi connectivity index (χ3v) is 3.18. The van der Waals surface area contributed by atoms with Crippen molar-refractivity contribution in [3.05, 3.63) is 0 Å². The molecule has 0 heterocycles. The molecule has 0 nitrogen and oxygen atoms in total. The van der Waals surface area contributed by atoms with Gasteiger partial charge >= 0.3 is 0 Å². The molecule has 0 aromatic rings. The zero-order valence-corrected chi connectivity index (χ0v) is 7.70. The maximum atomic E-state index is 4.86. The van der Waals surface area contributed by atoms with Gasteiger partial charge in [0.2, 0.25) is 0 Å². The highest BCUT2D eigenvalue weighted by Gasteiger charge is 2.15. The van der Waals surface area contributed by atoms with Crippen molar-refractivity contribution in [2.24, 2.45) is 0 Å². The Kier molecular flexibility index (Phi) is 3.37. The van der Waals surface area contributed by atoms with Gasteiger partial charge in [-0.2, -0.15) is 0 Å². The third kappa shape index (κ3) is 2.92. The molecule has 0 atom stereocenters. The minimum absolute atomic E-state index is 0.787. The Balaban J connectivity index is 2.19. The summed E-state index contributed by atoms with van der Waals surface area (Å²) < 4.78 is 0.807. The Hall–Kier alpha value is 0.790. The van der Waals surface area contributed by atoms with Crippen LogP contribution in [0, 0.1) is 0 Å². The van der Waals surface area contributed by atoms with Gasteiger partial charge in [-0.05, 0) is 12.8 Å². The van der Waals surface area contributed by atoms with Crippen LogP contribution in [-0.2, 0) is 0 Å². The summed E-state index contributed by atoms with van der Waals surface area (Å²) in [5.41, 5.74) is 0. The van der Waals surface area contributed by atoms with Crippen LogP contribution >= 0.6 is 36.6 Å². The second-order valence-corrected chi connectivity index (χ2v) is 5.32. The molecule has 0 N–H and O–H groups in total. The van der Waals surface area contributed by atoms with Crippen molar-refractivity contribution < 1.29 is 0 Å². The van der Waals surface area contributed by atoms with Crippen LogP contribution in [0.15, 0.2) is 0 Å². The van der Waals surface area contributed by atoms with Crippen molar-refractivity contribution in [1.82, 2.24) is 0 Å². The number of rotatable bonds is 1. The third-order valence-electron chi connectivity index (χ3n) is 1.57. The van der Waals surface area contributed by atoms with Gasteiger partial charge in [0.05, 0.1) is 0 Å². The van der Waals surface area contributed by atoms with Crippen molar-refractivity contribution in [1.29, 1.82) is 0 Å². The molecule has 3 heteroatoms. The molecule has 0 saturated heterocycles. The second-order valence-electron chi connectivity index (χ2n) is 2.29. The highest BCUT2D eigenvalue weighted by atomic mass is 32.2. The highest BCUT2D eigenvalue weighted by molar-refractivity contribution is 8.41. The van der Waals surface area contributed by atoms with E-state index in [0.717, 1.165) is 8.78 Å². The van der Waals surface area contributed by atoms with Crippen LogP contribution in [0.3, 0.4) is 0 Å². The zero-order valence-electron chi connectivity index (χ0n) is 5.17. The Morgan fingerprint density at radius 3 is 2.44 bits per heavy atom. The lowest BCUT2D eigenvalue weighted by atomic mass is 10.4. The first-order chi connectivity index (χ1) is 4.29. The maximum Gasteiger partial charge on any atom is 0.101 e. The summed E-state index contributed by atoms with van der Waals surface area (Å²) in [5, 5.41) is 0.787. The van der Waals surface area contributed by atoms with E-state index in [4.69, 9.17) is 12.2 Å². The van der Waals surface area contributed by atoms with Crippen molar-refractivity contribution >= 4 is 40.1 Å². The van der Waals surface area contributed by atoms with Crippen molar-refractivity contribution in [3.8, 4) is 0 Å². The molecule has 0 radical (unpaired) electrons. The molecule has 9 heavy (non-hydrogen) atoms. The van der Waals surface area contributed by atoms with Gasteiger partial charge in [-0.3, -0.25) is 0 Å². The SMILES string of the molecule is S=C(S)SC1CCCC1. The van der Waals surface area contributed by atoms with Gasteiger partial charge in [0.1, 0.15) is 3.53 Å². The first kappa shape index (κ1) is 7.89. The Bertz CT molecular complexity index is 105. The summed E-state index contributed by atoms with van der Waals surface area (Å²) >= 11 is 10.7. The largest absolute Gasteiger partial charge is 0.125 e. The zero-order chi connectivity index (χ0) is 6.69. The standard InChI is InChI=1S/C6H10S3/c7-6(8)9-5-3-1-2-4-5/h5H,1-4H2,(H,7,8). The van der Waals surface area contributed by atoms with Crippen molar-refractivity contribution in [2.75, 3.05) is 0 Å². The molecule has 52 valence electrons. The molecule has 1 aliphatic rings. The van der Waals surface area contributed by atoms with Crippen LogP contribution < -0.4 is 0 Å². The topological polar surface area (TPSA) is 0 Å². The smallest absolute Gasteiger partial charge is 0.101 e. The molecule has 0 aromatic heterocycles. The van der Waals surface area contributed by atoms with Gasteiger partial charge in [-0.15, -0.1) is 24.4 Å². The summed E-state index contributed by atoms with van der Waals surface area (Å²) in [6.07, 6.45) is 5.44. The lowest BCUT2D eigenvalue weighted by Crippen LogP contribution is -1.94. The molecular weight excluding hydrogens is 168 g/mol. The fraction of sp³-hybridized carbons (Fsp3) is 0.833. The number of thiocarbonyl (C=S) groups is 1. The minimum atomic E-state index is 0.787. The summed E-state index contributed by atoms with van der Waals surface area (Å²) in [6.45, 7) is 0. The molecule has 1 fully saturated rings. The average molecular weight is 178 g/mol. The van der Waals surface area contributed by atoms with Gasteiger partial charge in [-0.25, -0.2) is 0 Å². The molecular formula is C6H10S3. The second kappa shape index (κ2) is 3.84. The average Bonchev–Trinajstić information content (AvgIpc) is 2.15. The Labute approximate surface area is 71.2 Å². The fourth-order valence-electron chi connectivity index (χ4n) is 1.15. The molecule has 1 rings (SSSR count). The number of thiol groups is 1. The van der Waals surface area contributed by atoms with Gasteiger partial charge in [0, 0.05) is 5.25 Å². The quantitative estimate of drug-likeness (QED) is 0.484. The monoisotopic (exact) mass is 178 g/mol. The maximum absolute atomic E-state index is 4.86. The minimum Gasteiger partial charge on any atom is -0.125 e. The summed E-state index contributed by atoms with van der Waals surface area (Å²) in [6, 6.07) is 0. The first-order valence-corrected chi connectivity index (χ1v) is 4.92. The van der Waals surface area contributed by atoms with Crippen molar-refractivity contribution in [2.45, 2.75) is 30.9 Å². The van der Waals surface area contributed by atoms with Gasteiger partial charge < -0.3 is 0 Å². The van der Waals surface area contributed by atoms with E-state index in [0.29, 0.717) is 0 Å². The first-order valence-electron chi connectivity index (χ1n) is 3.18. The molecule has 0 spiro atoms. The van der Waals surface area contributed by atoms with Crippen LogP contribution in [0.1, 0.15) is 25.7 Å². The van der Waals surface area contributed by atoms with E-state index >= 15 is 0 Å². The van der Waals surface area contributed by atoms with Crippen LogP contribution in [0.4, 0.5) is 0 Å². The van der Waals surface area contributed by atoms with E-state index in [2.05, 4.69) is 12.6 Å². The lowest BCUT2D eigenvalue weighted by molar-refractivity contribution is 0.886. The summed E-state index contributed by atoms with van der Waals surface area (Å²) in [4.78, 5) is 0. The lowest BCUT2D eigenvalue weighted by Gasteiger charge is -2.03. The predicted molar refractivity (Wildman–Crippen MR) is 51.4 cm³/mol. The number of hydrogen-bond acceptors (Lipinski definition) is 2. The highest BCUT2D eigenvalue weighted by Crippen LogP contribution is 2.30. The molecule has 1 aliphatic carbocycles. The molecule has 0 bridgehead atoms. The predicted octanol–water partition coefficient (Wildman–Crippen LogP) is 2.88. The molecule has 0 aliphatic heterocycles. The van der Waals surface area contributed by atoms with Gasteiger partial charge in [0.25, 0.3) is 0 Å². The summed E-state index contributed by atoms with van der Waals surface area (Å²) in [5.74, 6) is 0. The molecule has 0 aromatic carbocycles. The van der Waals surface area contributed by atoms with Crippen molar-refractivity contribution in [3.63, 3.8) is 0 Å². The van der Waals surface area contributed by atoms with Gasteiger partial charge in [-0.1, -0.05) is 25.1 Å². The van der Waals surface area contributed by atoms with Crippen LogP contribution in [-0.4, -0.2) is 8.78 Å². The van der Waals surface area contributed by atoms with Gasteiger partial charge in [0.15, 0.2) is 0 Å². The van der Waals surface area contributed by atoms with Crippen LogP contribution in [0.25, 0.3) is 0 Å². The summed E-state index contributed by atoms with van der Waals surface area (Å²) in [7, 11) is 0. The van der Waals surface area contributed by atoms with E-state index in [9.17, 15) is 0 Å². The Morgan fingerprint density at radius 1 is 1.44 bits per heavy atom. The van der Waals surface area contributed by atoms with E-state index < -0.39 is 0 Å². The van der Waals surface area contributed by atoms with E-state index in [1.165, 1.54) is 25.7 Å².